The summed E-state index contributed by atoms with van der Waals surface area (Å²) in [4.78, 5) is 38.3. The van der Waals surface area contributed by atoms with Crippen LogP contribution in [0, 0.1) is 28.1 Å². The zero-order valence-corrected chi connectivity index (χ0v) is 24.7. The van der Waals surface area contributed by atoms with Crippen LogP contribution in [-0.4, -0.2) is 76.2 Å². The molecule has 1 aromatic carbocycles. The molecule has 1 aromatic heterocycles. The molecule has 2 N–H and O–H groups in total. The molecule has 218 valence electrons. The first-order chi connectivity index (χ1) is 19.4. The van der Waals surface area contributed by atoms with Crippen molar-refractivity contribution in [2.45, 2.75) is 65.2 Å². The molecule has 2 amide bonds. The maximum Gasteiger partial charge on any atom is 0.254 e. The number of halogens is 1. The molecule has 2 aliphatic heterocycles. The number of carbonyl (C=O) groups excluding carboxylic acids is 2. The maximum atomic E-state index is 13.2. The summed E-state index contributed by atoms with van der Waals surface area (Å²) in [5.74, 6) is 1.36. The van der Waals surface area contributed by atoms with Gasteiger partial charge in [0.1, 0.15) is 17.9 Å². The number of nitrogens with zero attached hydrogens (tertiary/aromatic N) is 5. The Hall–Kier alpha value is -3.42. The fourth-order valence-electron chi connectivity index (χ4n) is 6.78. The molecule has 5 rings (SSSR count). The molecule has 3 heterocycles. The van der Waals surface area contributed by atoms with E-state index in [9.17, 15) is 14.7 Å². The number of β-amino-alcohol motifs (C(OH)–C–C–N with tert-alkyl or cyclic N) is 1. The van der Waals surface area contributed by atoms with Crippen molar-refractivity contribution in [3.05, 3.63) is 46.7 Å². The summed E-state index contributed by atoms with van der Waals surface area (Å²) in [6.07, 6.45) is 4.82. The molecule has 10 nitrogen and oxygen atoms in total. The normalized spacial score (nSPS) is 23.6. The Morgan fingerprint density at radius 2 is 1.78 bits per heavy atom. The minimum absolute atomic E-state index is 0.120. The van der Waals surface area contributed by atoms with Gasteiger partial charge in [-0.3, -0.25) is 9.59 Å². The number of hydrogen-bond acceptors (Lipinski definition) is 8. The van der Waals surface area contributed by atoms with Crippen molar-refractivity contribution in [3.63, 3.8) is 0 Å². The van der Waals surface area contributed by atoms with Crippen LogP contribution in [0.5, 0.6) is 5.75 Å². The highest BCUT2D eigenvalue weighted by Crippen LogP contribution is 2.55. The Morgan fingerprint density at radius 3 is 2.34 bits per heavy atom. The molecule has 41 heavy (non-hydrogen) atoms. The van der Waals surface area contributed by atoms with E-state index >= 15 is 0 Å². The minimum Gasteiger partial charge on any atom is -0.489 e. The fraction of sp³-hybridized carbons (Fsp3) is 0.567. The van der Waals surface area contributed by atoms with Crippen molar-refractivity contribution in [1.82, 2.24) is 20.2 Å². The lowest BCUT2D eigenvalue weighted by Crippen LogP contribution is -2.74. The molecule has 3 aliphatic rings. The van der Waals surface area contributed by atoms with Crippen LogP contribution in [0.15, 0.2) is 30.6 Å². The second-order valence-electron chi connectivity index (χ2n) is 12.7. The van der Waals surface area contributed by atoms with Gasteiger partial charge in [0.2, 0.25) is 11.9 Å². The van der Waals surface area contributed by atoms with Gasteiger partial charge in [0.25, 0.3) is 5.91 Å². The number of hydrogen-bond donors (Lipinski definition) is 2. The van der Waals surface area contributed by atoms with Gasteiger partial charge in [-0.2, -0.15) is 5.26 Å². The van der Waals surface area contributed by atoms with Crippen LogP contribution in [0.1, 0.15) is 62.9 Å². The number of benzene rings is 1. The van der Waals surface area contributed by atoms with Crippen molar-refractivity contribution in [2.75, 3.05) is 31.1 Å². The van der Waals surface area contributed by atoms with Gasteiger partial charge in [0.05, 0.1) is 22.3 Å². The third kappa shape index (κ3) is 5.70. The average molecular weight is 581 g/mol. The molecule has 0 unspecified atom stereocenters. The summed E-state index contributed by atoms with van der Waals surface area (Å²) in [6.45, 7) is 10.6. The number of rotatable bonds is 7. The Balaban J connectivity index is 1.14. The van der Waals surface area contributed by atoms with Gasteiger partial charge in [-0.05, 0) is 30.9 Å². The number of piperidine rings is 1. The van der Waals surface area contributed by atoms with Crippen molar-refractivity contribution < 1.29 is 19.4 Å². The fourth-order valence-corrected chi connectivity index (χ4v) is 7.00. The first-order valence-corrected chi connectivity index (χ1v) is 14.5. The highest BCUT2D eigenvalue weighted by atomic mass is 35.5. The van der Waals surface area contributed by atoms with E-state index in [1.807, 2.05) is 0 Å². The van der Waals surface area contributed by atoms with E-state index in [0.29, 0.717) is 53.3 Å². The second kappa shape index (κ2) is 11.1. The van der Waals surface area contributed by atoms with Crippen LogP contribution in [0.2, 0.25) is 5.02 Å². The van der Waals surface area contributed by atoms with E-state index in [1.54, 1.807) is 35.5 Å². The van der Waals surface area contributed by atoms with Crippen molar-refractivity contribution >= 4 is 29.4 Å². The first-order valence-electron chi connectivity index (χ1n) is 14.1. The number of ether oxygens (including phenoxy) is 1. The largest absolute Gasteiger partial charge is 0.489 e. The van der Waals surface area contributed by atoms with Crippen LogP contribution in [0.25, 0.3) is 0 Å². The topological polar surface area (TPSA) is 132 Å². The summed E-state index contributed by atoms with van der Waals surface area (Å²) in [6, 6.07) is 6.92. The van der Waals surface area contributed by atoms with E-state index in [1.165, 1.54) is 0 Å². The number of aliphatic hydroxyl groups excluding tert-OH is 1. The van der Waals surface area contributed by atoms with Crippen LogP contribution < -0.4 is 15.0 Å². The molecule has 2 aromatic rings. The monoisotopic (exact) mass is 580 g/mol. The number of nitriles is 1. The summed E-state index contributed by atoms with van der Waals surface area (Å²) in [7, 11) is 0. The summed E-state index contributed by atoms with van der Waals surface area (Å²) in [5, 5.41) is 22.1. The zero-order chi connectivity index (χ0) is 29.5. The number of aromatic nitrogens is 2. The van der Waals surface area contributed by atoms with E-state index < -0.39 is 0 Å². The van der Waals surface area contributed by atoms with Crippen LogP contribution >= 0.6 is 11.6 Å². The quantitative estimate of drug-likeness (QED) is 0.509. The molecule has 11 heteroatoms. The number of likely N-dealkylation sites (tertiary alicyclic amines) is 1. The Morgan fingerprint density at radius 1 is 1.15 bits per heavy atom. The van der Waals surface area contributed by atoms with Gasteiger partial charge in [0, 0.05) is 67.9 Å². The Bertz CT molecular complexity index is 1330. The number of carbonyl (C=O) groups is 2. The molecular weight excluding hydrogens is 544 g/mol. The molecule has 2 saturated heterocycles. The molecule has 0 spiro atoms. The maximum absolute atomic E-state index is 13.2. The number of amides is 2. The van der Waals surface area contributed by atoms with E-state index in [4.69, 9.17) is 21.6 Å². The number of anilines is 1. The van der Waals surface area contributed by atoms with Gasteiger partial charge >= 0.3 is 0 Å². The Kier molecular flexibility index (Phi) is 7.88. The van der Waals surface area contributed by atoms with Crippen LogP contribution in [0.3, 0.4) is 0 Å². The van der Waals surface area contributed by atoms with E-state index in [-0.39, 0.29) is 40.9 Å². The summed E-state index contributed by atoms with van der Waals surface area (Å²) < 4.78 is 6.31. The van der Waals surface area contributed by atoms with Crippen LogP contribution in [0.4, 0.5) is 5.95 Å². The molecule has 1 saturated carbocycles. The first kappa shape index (κ1) is 29.1. The molecule has 0 atom stereocenters. The SMILES string of the molecule is CC1(C)C(NC(=O)c2cnc(N3CCC(CC(=O)N4CC(O)C4)CC3)nc2)C(C)(C)C1Oc1ccc(C#N)c(Cl)c1. The highest BCUT2D eigenvalue weighted by Gasteiger charge is 2.64. The van der Waals surface area contributed by atoms with Crippen molar-refractivity contribution in [2.24, 2.45) is 16.7 Å². The highest BCUT2D eigenvalue weighted by molar-refractivity contribution is 6.31. The predicted octanol–water partition coefficient (Wildman–Crippen LogP) is 3.42. The predicted molar refractivity (Wildman–Crippen MR) is 154 cm³/mol. The van der Waals surface area contributed by atoms with Gasteiger partial charge in [-0.15, -0.1) is 0 Å². The lowest BCUT2D eigenvalue weighted by molar-refractivity contribution is -0.164. The van der Waals surface area contributed by atoms with Gasteiger partial charge in [0.15, 0.2) is 0 Å². The standard InChI is InChI=1S/C30H37ClN6O4/c1-29(2)26(30(3,4)27(29)41-22-6-5-19(13-32)23(31)12-22)35-25(40)20-14-33-28(34-15-20)36-9-7-18(8-10-36)11-24(39)37-16-21(38)17-37/h5-6,12,14-15,18,21,26-27,38H,7-11,16-17H2,1-4H3,(H,35,40). The third-order valence-corrected chi connectivity index (χ3v) is 9.22. The number of aliphatic hydroxyl groups is 1. The van der Waals surface area contributed by atoms with Crippen LogP contribution in [-0.2, 0) is 4.79 Å². The Labute approximate surface area is 245 Å². The summed E-state index contributed by atoms with van der Waals surface area (Å²) >= 11 is 6.19. The lowest BCUT2D eigenvalue weighted by atomic mass is 9.49. The van der Waals surface area contributed by atoms with E-state index in [0.717, 1.165) is 25.9 Å². The molecule has 0 radical (unpaired) electrons. The summed E-state index contributed by atoms with van der Waals surface area (Å²) in [5.41, 5.74) is 0.0364. The minimum atomic E-state index is -0.374. The van der Waals surface area contributed by atoms with Gasteiger partial charge in [-0.25, -0.2) is 9.97 Å². The lowest BCUT2D eigenvalue weighted by Gasteiger charge is -2.63. The van der Waals surface area contributed by atoms with Gasteiger partial charge in [-0.1, -0.05) is 39.3 Å². The second-order valence-corrected chi connectivity index (χ2v) is 13.1. The van der Waals surface area contributed by atoms with Gasteiger partial charge < -0.3 is 25.0 Å². The zero-order valence-electron chi connectivity index (χ0n) is 23.9. The molecule has 3 fully saturated rings. The molecule has 1 aliphatic carbocycles. The molecular formula is C30H37ClN6O4. The van der Waals surface area contributed by atoms with Crippen molar-refractivity contribution in [1.29, 1.82) is 5.26 Å². The van der Waals surface area contributed by atoms with Crippen molar-refractivity contribution in [3.8, 4) is 11.8 Å². The smallest absolute Gasteiger partial charge is 0.254 e. The average Bonchev–Trinajstić information content (AvgIpc) is 2.93. The van der Waals surface area contributed by atoms with E-state index in [2.05, 4.69) is 53.9 Å². The third-order valence-electron chi connectivity index (χ3n) is 8.91. The number of nitrogens with one attached hydrogen (secondary N) is 1. The molecule has 0 bridgehead atoms.